The molecular weight excluding hydrogens is 697 g/mol. The molecule has 4 rings (SSSR count). The van der Waals surface area contributed by atoms with Crippen molar-refractivity contribution in [3.05, 3.63) is 96.1 Å². The predicted octanol–water partition coefficient (Wildman–Crippen LogP) is 7.75. The molecule has 0 aliphatic heterocycles. The summed E-state index contributed by atoms with van der Waals surface area (Å²) in [6.45, 7) is 4.35. The van der Waals surface area contributed by atoms with Crippen LogP contribution in [0.4, 0.5) is 0 Å². The summed E-state index contributed by atoms with van der Waals surface area (Å²) >= 11 is 0. The third-order valence-corrected chi connectivity index (χ3v) is 8.91. The van der Waals surface area contributed by atoms with Gasteiger partial charge in [-0.2, -0.15) is 8.42 Å². The first kappa shape index (κ1) is 42.3. The number of ether oxygens (including phenoxy) is 2. The summed E-state index contributed by atoms with van der Waals surface area (Å²) < 4.78 is 75.5. The van der Waals surface area contributed by atoms with Gasteiger partial charge in [0, 0.05) is 18.2 Å². The summed E-state index contributed by atoms with van der Waals surface area (Å²) in [5, 5.41) is 21.1. The molecule has 10 nitrogen and oxygen atoms in total. The molecule has 0 aliphatic carbocycles. The van der Waals surface area contributed by atoms with E-state index >= 15 is 0 Å². The van der Waals surface area contributed by atoms with Crippen molar-refractivity contribution in [1.29, 1.82) is 0 Å². The summed E-state index contributed by atoms with van der Waals surface area (Å²) in [6.07, 6.45) is 11.6. The van der Waals surface area contributed by atoms with Gasteiger partial charge < -0.3 is 24.2 Å². The molecule has 0 heterocycles. The second kappa shape index (κ2) is 20.7. The van der Waals surface area contributed by atoms with Gasteiger partial charge in [-0.25, -0.2) is 8.42 Å². The first-order chi connectivity index (χ1) is 22.8. The summed E-state index contributed by atoms with van der Waals surface area (Å²) in [4.78, 5) is -0.998. The Kier molecular flexibility index (Phi) is 17.9. The average Bonchev–Trinajstić information content (AvgIpc) is 3.02. The van der Waals surface area contributed by atoms with E-state index in [0.29, 0.717) is 11.5 Å². The van der Waals surface area contributed by atoms with Gasteiger partial charge in [0.05, 0.1) is 4.90 Å². The number of hydrogen-bond acceptors (Lipinski definition) is 9. The smallest absolute Gasteiger partial charge is 0.872 e. The fourth-order valence-electron chi connectivity index (χ4n) is 4.75. The van der Waals surface area contributed by atoms with Crippen LogP contribution in [0.15, 0.2) is 94.7 Å². The molecule has 0 atom stereocenters. The van der Waals surface area contributed by atoms with E-state index in [9.17, 15) is 31.6 Å². The normalized spacial score (nSPS) is 11.2. The fourth-order valence-corrected chi connectivity index (χ4v) is 5.80. The molecule has 0 aliphatic rings. The first-order valence-electron chi connectivity index (χ1n) is 15.9. The number of unbranched alkanes of at least 4 members (excludes halogenated alkanes) is 6. The largest absolute Gasteiger partial charge is 2.00 e. The standard InChI is InChI=1S/2C18H22O5S.Ca/c2*1-2-3-4-5-6-14-7-9-16(10-8-14)23-17-11-15(19)12-18(13-17)24(20,21)22;/h2*7-13,19H,2-6H2,1H3,(H,20,21,22);/q;;+2/p-2. The molecule has 4 aromatic rings. The van der Waals surface area contributed by atoms with E-state index in [1.54, 1.807) is 24.3 Å². The fraction of sp³-hybridized carbons (Fsp3) is 0.333. The molecule has 260 valence electrons. The zero-order chi connectivity index (χ0) is 35.2. The Morgan fingerprint density at radius 1 is 0.592 bits per heavy atom. The van der Waals surface area contributed by atoms with Crippen molar-refractivity contribution in [2.24, 2.45) is 0 Å². The first-order valence-corrected chi connectivity index (χ1v) is 18.7. The number of aromatic hydroxyl groups is 1. The maximum atomic E-state index is 11.5. The Balaban J connectivity index is 0.000000333. The molecule has 0 spiro atoms. The number of aryl methyl sites for hydroxylation is 2. The average molecular weight is 739 g/mol. The topological polar surface area (TPSA) is 173 Å². The van der Waals surface area contributed by atoms with E-state index in [0.717, 1.165) is 56.0 Å². The molecule has 49 heavy (non-hydrogen) atoms. The summed E-state index contributed by atoms with van der Waals surface area (Å²) in [5.74, 6) is 0.291. The quantitative estimate of drug-likeness (QED) is 0.0657. The third kappa shape index (κ3) is 15.7. The summed E-state index contributed by atoms with van der Waals surface area (Å²) in [6, 6.07) is 21.3. The number of phenols is 1. The van der Waals surface area contributed by atoms with Crippen LogP contribution in [0.3, 0.4) is 0 Å². The van der Waals surface area contributed by atoms with E-state index in [-0.39, 0.29) is 55.0 Å². The van der Waals surface area contributed by atoms with Crippen LogP contribution in [0.2, 0.25) is 0 Å². The zero-order valence-corrected chi connectivity index (χ0v) is 31.7. The van der Waals surface area contributed by atoms with Gasteiger partial charge in [-0.1, -0.05) is 82.7 Å². The van der Waals surface area contributed by atoms with Crippen LogP contribution in [0, 0.1) is 0 Å². The van der Waals surface area contributed by atoms with Gasteiger partial charge in [-0.05, 0) is 73.2 Å². The van der Waals surface area contributed by atoms with Crippen LogP contribution in [-0.4, -0.2) is 68.8 Å². The number of benzene rings is 4. The zero-order valence-electron chi connectivity index (χ0n) is 27.8. The Hall–Kier alpha value is -2.84. The molecule has 0 saturated heterocycles. The monoisotopic (exact) mass is 738 g/mol. The van der Waals surface area contributed by atoms with E-state index in [2.05, 4.69) is 13.8 Å². The Labute approximate surface area is 319 Å². The van der Waals surface area contributed by atoms with E-state index in [4.69, 9.17) is 14.0 Å². The van der Waals surface area contributed by atoms with Gasteiger partial charge in [-0.3, -0.25) is 4.55 Å². The van der Waals surface area contributed by atoms with E-state index in [1.807, 2.05) is 24.3 Å². The summed E-state index contributed by atoms with van der Waals surface area (Å²) in [7, 11) is -9.09. The molecule has 0 bridgehead atoms. The number of phenolic OH excluding ortho intramolecular Hbond substituents is 1. The molecule has 0 aromatic heterocycles. The van der Waals surface area contributed by atoms with Gasteiger partial charge in [-0.15, -0.1) is 5.75 Å². The van der Waals surface area contributed by atoms with E-state index in [1.165, 1.54) is 55.7 Å². The van der Waals surface area contributed by atoms with Crippen LogP contribution >= 0.6 is 0 Å². The third-order valence-electron chi connectivity index (χ3n) is 7.26. The van der Waals surface area contributed by atoms with Crippen molar-refractivity contribution in [2.75, 3.05) is 0 Å². The molecule has 0 saturated carbocycles. The van der Waals surface area contributed by atoms with Crippen LogP contribution in [-0.2, 0) is 33.1 Å². The minimum atomic E-state index is -4.69. The van der Waals surface area contributed by atoms with Gasteiger partial charge in [0.1, 0.15) is 43.8 Å². The van der Waals surface area contributed by atoms with Crippen LogP contribution in [0.25, 0.3) is 0 Å². The number of hydrogen-bond donors (Lipinski definition) is 2. The van der Waals surface area contributed by atoms with Gasteiger partial charge in [0.2, 0.25) is 0 Å². The predicted molar refractivity (Wildman–Crippen MR) is 186 cm³/mol. The maximum Gasteiger partial charge on any atom is 2.00 e. The molecular formula is C36H42CaO10S2. The molecule has 2 N–H and O–H groups in total. The van der Waals surface area contributed by atoms with Crippen molar-refractivity contribution in [1.82, 2.24) is 0 Å². The number of rotatable bonds is 16. The Morgan fingerprint density at radius 3 is 1.47 bits per heavy atom. The SMILES string of the molecule is CCCCCCc1ccc(Oc2cc(O)cc(S(=O)(=O)O)c2)cc1.CCCCCCc1ccc(Oc2cc([O-])cc(S(=O)(=O)[O-])c2)cc1.[Ca+2]. The molecule has 0 amide bonds. The van der Waals surface area contributed by atoms with Gasteiger partial charge in [0.15, 0.2) is 0 Å². The van der Waals surface area contributed by atoms with Crippen LogP contribution < -0.4 is 14.6 Å². The second-order valence-corrected chi connectivity index (χ2v) is 14.1. The minimum absolute atomic E-state index is 0. The Bertz CT molecular complexity index is 1680. The van der Waals surface area contributed by atoms with Crippen molar-refractivity contribution >= 4 is 58.0 Å². The molecule has 4 aromatic carbocycles. The molecule has 13 heteroatoms. The van der Waals surface area contributed by atoms with E-state index < -0.39 is 35.8 Å². The van der Waals surface area contributed by atoms with Crippen LogP contribution in [0.5, 0.6) is 34.5 Å². The maximum absolute atomic E-state index is 11.5. The minimum Gasteiger partial charge on any atom is -0.872 e. The van der Waals surface area contributed by atoms with Gasteiger partial charge >= 0.3 is 37.7 Å². The van der Waals surface area contributed by atoms with Gasteiger partial charge in [0.25, 0.3) is 10.1 Å². The van der Waals surface area contributed by atoms with Crippen molar-refractivity contribution in [3.63, 3.8) is 0 Å². The van der Waals surface area contributed by atoms with Crippen molar-refractivity contribution in [2.45, 2.75) is 87.8 Å². The molecule has 0 radical (unpaired) electrons. The van der Waals surface area contributed by atoms with Crippen LogP contribution in [0.1, 0.15) is 76.3 Å². The van der Waals surface area contributed by atoms with Crippen molar-refractivity contribution < 1.29 is 45.6 Å². The Morgan fingerprint density at radius 2 is 1.04 bits per heavy atom. The molecule has 0 fully saturated rings. The summed E-state index contributed by atoms with van der Waals surface area (Å²) in [5.41, 5.74) is 2.41. The molecule has 0 unspecified atom stereocenters. The van der Waals surface area contributed by atoms with Crippen molar-refractivity contribution in [3.8, 4) is 34.5 Å². The second-order valence-electron chi connectivity index (χ2n) is 11.3.